The second-order valence-corrected chi connectivity index (χ2v) is 4.19. The lowest BCUT2D eigenvalue weighted by Crippen LogP contribution is -1.89. The zero-order chi connectivity index (χ0) is 15.4. The number of nitro groups is 1. The summed E-state index contributed by atoms with van der Waals surface area (Å²) in [4.78, 5) is 10.0. The van der Waals surface area contributed by atoms with Crippen molar-refractivity contribution >= 4 is 17.3 Å². The lowest BCUT2D eigenvalue weighted by Gasteiger charge is -2.01. The number of rotatable bonds is 3. The van der Waals surface area contributed by atoms with Crippen LogP contribution in [0.4, 0.5) is 10.1 Å². The van der Waals surface area contributed by atoms with Gasteiger partial charge in [0.1, 0.15) is 5.82 Å². The number of nitriles is 1. The van der Waals surface area contributed by atoms with Gasteiger partial charge in [0.05, 0.1) is 16.6 Å². The van der Waals surface area contributed by atoms with Gasteiger partial charge in [0.2, 0.25) is 0 Å². The number of nitrogens with zero attached hydrogens (tertiary/aromatic N) is 2. The molecule has 2 rings (SSSR count). The zero-order valence-electron chi connectivity index (χ0n) is 10.7. The Labute approximate surface area is 119 Å². The Balaban J connectivity index is 2.48. The summed E-state index contributed by atoms with van der Waals surface area (Å²) in [6.45, 7) is 0. The fraction of sp³-hybridized carbons (Fsp3) is 0. The van der Waals surface area contributed by atoms with Crippen molar-refractivity contribution in [2.24, 2.45) is 0 Å². The number of nitro benzene ring substituents is 1. The molecule has 0 aliphatic heterocycles. The Morgan fingerprint density at radius 2 is 2.10 bits per heavy atom. The molecule has 0 aromatic heterocycles. The van der Waals surface area contributed by atoms with Gasteiger partial charge < -0.3 is 5.11 Å². The number of allylic oxidation sites excluding steroid dienone is 1. The molecule has 2 aromatic carbocycles. The summed E-state index contributed by atoms with van der Waals surface area (Å²) in [7, 11) is 0. The molecule has 0 atom stereocenters. The van der Waals surface area contributed by atoms with Crippen molar-refractivity contribution in [2.45, 2.75) is 0 Å². The topological polar surface area (TPSA) is 87.2 Å². The highest BCUT2D eigenvalue weighted by Crippen LogP contribution is 2.28. The van der Waals surface area contributed by atoms with E-state index in [1.807, 2.05) is 6.07 Å². The van der Waals surface area contributed by atoms with Gasteiger partial charge in [-0.05, 0) is 35.4 Å². The predicted octanol–water partition coefficient (Wildman–Crippen LogP) is 3.50. The molecule has 0 amide bonds. The second kappa shape index (κ2) is 5.84. The third kappa shape index (κ3) is 3.22. The molecule has 0 bridgehead atoms. The lowest BCUT2D eigenvalue weighted by atomic mass is 10.0. The van der Waals surface area contributed by atoms with Crippen LogP contribution in [0.15, 0.2) is 42.5 Å². The Hall–Kier alpha value is -3.20. The van der Waals surface area contributed by atoms with Crippen LogP contribution in [-0.4, -0.2) is 10.0 Å². The summed E-state index contributed by atoms with van der Waals surface area (Å²) in [6, 6.07) is 11.1. The standard InChI is InChI=1S/C15H9FN2O3/c16-13-3-1-2-11(8-13)12(9-17)6-10-4-5-15(19)14(7-10)18(20)21/h1-8,19H/b12-6-. The largest absolute Gasteiger partial charge is 0.502 e. The van der Waals surface area contributed by atoms with Gasteiger partial charge in [-0.1, -0.05) is 18.2 Å². The van der Waals surface area contributed by atoms with Crippen LogP contribution in [0.3, 0.4) is 0 Å². The molecule has 0 radical (unpaired) electrons. The van der Waals surface area contributed by atoms with Crippen LogP contribution in [0, 0.1) is 27.3 Å². The van der Waals surface area contributed by atoms with Gasteiger partial charge in [-0.2, -0.15) is 5.26 Å². The van der Waals surface area contributed by atoms with Crippen LogP contribution in [0.1, 0.15) is 11.1 Å². The average Bonchev–Trinajstić information content (AvgIpc) is 2.46. The number of phenolic OH excluding ortho intramolecular Hbond substituents is 1. The van der Waals surface area contributed by atoms with Crippen LogP contribution in [-0.2, 0) is 0 Å². The van der Waals surface area contributed by atoms with Crippen molar-refractivity contribution in [3.63, 3.8) is 0 Å². The quantitative estimate of drug-likeness (QED) is 0.404. The molecular formula is C15H9FN2O3. The molecule has 0 aliphatic rings. The van der Waals surface area contributed by atoms with E-state index >= 15 is 0 Å². The van der Waals surface area contributed by atoms with E-state index < -0.39 is 22.2 Å². The summed E-state index contributed by atoms with van der Waals surface area (Å²) in [5, 5.41) is 29.3. The van der Waals surface area contributed by atoms with Crippen LogP contribution in [0.2, 0.25) is 0 Å². The molecule has 2 aromatic rings. The zero-order valence-corrected chi connectivity index (χ0v) is 10.7. The maximum absolute atomic E-state index is 13.2. The first-order valence-corrected chi connectivity index (χ1v) is 5.86. The van der Waals surface area contributed by atoms with Gasteiger partial charge in [-0.15, -0.1) is 0 Å². The van der Waals surface area contributed by atoms with E-state index in [1.54, 1.807) is 6.07 Å². The summed E-state index contributed by atoms with van der Waals surface area (Å²) in [5.41, 5.74) is 0.434. The minimum Gasteiger partial charge on any atom is -0.502 e. The van der Waals surface area contributed by atoms with Gasteiger partial charge in [-0.25, -0.2) is 4.39 Å². The molecule has 1 N–H and O–H groups in total. The van der Waals surface area contributed by atoms with E-state index in [2.05, 4.69) is 0 Å². The van der Waals surface area contributed by atoms with E-state index in [0.717, 1.165) is 6.07 Å². The predicted molar refractivity (Wildman–Crippen MR) is 74.6 cm³/mol. The minimum atomic E-state index is -0.721. The fourth-order valence-corrected chi connectivity index (χ4v) is 1.78. The average molecular weight is 284 g/mol. The molecular weight excluding hydrogens is 275 g/mol. The number of phenols is 1. The summed E-state index contributed by atoms with van der Waals surface area (Å²) < 4.78 is 13.2. The summed E-state index contributed by atoms with van der Waals surface area (Å²) >= 11 is 0. The maximum atomic E-state index is 13.2. The highest BCUT2D eigenvalue weighted by Gasteiger charge is 2.13. The Bertz CT molecular complexity index is 779. The van der Waals surface area contributed by atoms with Gasteiger partial charge in [-0.3, -0.25) is 10.1 Å². The van der Waals surface area contributed by atoms with Gasteiger partial charge in [0, 0.05) is 6.07 Å². The first-order valence-electron chi connectivity index (χ1n) is 5.86. The number of benzene rings is 2. The number of hydrogen-bond acceptors (Lipinski definition) is 4. The summed E-state index contributed by atoms with van der Waals surface area (Å²) in [5.74, 6) is -0.938. The lowest BCUT2D eigenvalue weighted by molar-refractivity contribution is -0.385. The van der Waals surface area contributed by atoms with Crippen LogP contribution < -0.4 is 0 Å². The monoisotopic (exact) mass is 284 g/mol. The first-order chi connectivity index (χ1) is 10.0. The minimum absolute atomic E-state index is 0.162. The molecule has 0 heterocycles. The van der Waals surface area contributed by atoms with Crippen molar-refractivity contribution in [1.82, 2.24) is 0 Å². The molecule has 0 aliphatic carbocycles. The third-order valence-corrected chi connectivity index (χ3v) is 2.76. The van der Waals surface area contributed by atoms with E-state index in [9.17, 15) is 19.6 Å². The van der Waals surface area contributed by atoms with Crippen molar-refractivity contribution in [3.05, 3.63) is 69.5 Å². The van der Waals surface area contributed by atoms with Crippen molar-refractivity contribution in [3.8, 4) is 11.8 Å². The first kappa shape index (κ1) is 14.2. The third-order valence-electron chi connectivity index (χ3n) is 2.76. The van der Waals surface area contributed by atoms with E-state index in [0.29, 0.717) is 11.1 Å². The van der Waals surface area contributed by atoms with Crippen molar-refractivity contribution < 1.29 is 14.4 Å². The normalized spacial score (nSPS) is 11.0. The molecule has 0 saturated heterocycles. The van der Waals surface area contributed by atoms with Crippen molar-refractivity contribution in [1.29, 1.82) is 5.26 Å². The highest BCUT2D eigenvalue weighted by atomic mass is 19.1. The number of halogens is 1. The van der Waals surface area contributed by atoms with Gasteiger partial charge >= 0.3 is 5.69 Å². The van der Waals surface area contributed by atoms with E-state index in [1.165, 1.54) is 36.4 Å². The molecule has 104 valence electrons. The highest BCUT2D eigenvalue weighted by molar-refractivity contribution is 5.89. The molecule has 0 saturated carbocycles. The molecule has 5 nitrogen and oxygen atoms in total. The van der Waals surface area contributed by atoms with Gasteiger partial charge in [0.25, 0.3) is 0 Å². The van der Waals surface area contributed by atoms with Crippen LogP contribution in [0.25, 0.3) is 11.6 Å². The molecule has 21 heavy (non-hydrogen) atoms. The van der Waals surface area contributed by atoms with Crippen LogP contribution in [0.5, 0.6) is 5.75 Å². The smallest absolute Gasteiger partial charge is 0.311 e. The van der Waals surface area contributed by atoms with Gasteiger partial charge in [0.15, 0.2) is 5.75 Å². The molecule has 6 heteroatoms. The number of aromatic hydroxyl groups is 1. The molecule has 0 spiro atoms. The van der Waals surface area contributed by atoms with E-state index in [4.69, 9.17) is 5.26 Å². The number of hydrogen-bond donors (Lipinski definition) is 1. The SMILES string of the molecule is N#C/C(=C/c1ccc(O)c([N+](=O)[O-])c1)c1cccc(F)c1. The summed E-state index contributed by atoms with van der Waals surface area (Å²) in [6.07, 6.45) is 1.39. The fourth-order valence-electron chi connectivity index (χ4n) is 1.78. The maximum Gasteiger partial charge on any atom is 0.311 e. The van der Waals surface area contributed by atoms with Crippen LogP contribution >= 0.6 is 0 Å². The second-order valence-electron chi connectivity index (χ2n) is 4.19. The Kier molecular flexibility index (Phi) is 3.95. The van der Waals surface area contributed by atoms with E-state index in [-0.39, 0.29) is 5.57 Å². The molecule has 0 fully saturated rings. The Morgan fingerprint density at radius 3 is 2.71 bits per heavy atom. The Morgan fingerprint density at radius 1 is 1.33 bits per heavy atom. The molecule has 0 unspecified atom stereocenters. The van der Waals surface area contributed by atoms with Crippen molar-refractivity contribution in [2.75, 3.05) is 0 Å².